The van der Waals surface area contributed by atoms with Gasteiger partial charge in [-0.05, 0) is 12.1 Å². The number of guanidine groups is 1. The van der Waals surface area contributed by atoms with E-state index in [1.165, 1.54) is 7.05 Å². The van der Waals surface area contributed by atoms with Crippen molar-refractivity contribution in [3.8, 4) is 0 Å². The number of halogens is 1. The van der Waals surface area contributed by atoms with Crippen LogP contribution < -0.4 is 5.73 Å². The van der Waals surface area contributed by atoms with Crippen molar-refractivity contribution in [1.29, 1.82) is 5.41 Å². The van der Waals surface area contributed by atoms with Crippen molar-refractivity contribution in [2.45, 2.75) is 0 Å². The van der Waals surface area contributed by atoms with E-state index in [9.17, 15) is 4.79 Å². The molecule has 5 nitrogen and oxygen atoms in total. The minimum absolute atomic E-state index is 0.306. The van der Waals surface area contributed by atoms with Crippen LogP contribution >= 0.6 is 11.6 Å². The Hall–Kier alpha value is -2.01. The summed E-state index contributed by atoms with van der Waals surface area (Å²) < 4.78 is 0. The normalized spacial score (nSPS) is 10.5. The molecule has 0 radical (unpaired) electrons. The maximum atomic E-state index is 11.9. The minimum atomic E-state index is -0.371. The highest BCUT2D eigenvalue weighted by Gasteiger charge is 2.16. The predicted octanol–water partition coefficient (Wildman–Crippen LogP) is 1.79. The lowest BCUT2D eigenvalue weighted by molar-refractivity contribution is 0.0864. The molecule has 2 aromatic rings. The van der Waals surface area contributed by atoms with Gasteiger partial charge in [0, 0.05) is 12.4 Å². The topological polar surface area (TPSA) is 86.0 Å². The molecule has 0 bridgehead atoms. The van der Waals surface area contributed by atoms with Crippen LogP contribution in [-0.2, 0) is 0 Å². The highest BCUT2D eigenvalue weighted by molar-refractivity contribution is 6.35. The third kappa shape index (κ3) is 1.97. The second kappa shape index (κ2) is 4.10. The van der Waals surface area contributed by atoms with Crippen LogP contribution in [0.5, 0.6) is 0 Å². The number of nitrogens with one attached hydrogen (secondary N) is 2. The number of benzene rings is 1. The molecule has 0 aliphatic heterocycles. The fourth-order valence-electron chi connectivity index (χ4n) is 1.52. The number of carbonyl (C=O) groups is 1. The van der Waals surface area contributed by atoms with Crippen molar-refractivity contribution in [2.24, 2.45) is 5.73 Å². The van der Waals surface area contributed by atoms with Crippen molar-refractivity contribution in [3.05, 3.63) is 35.0 Å². The number of carbonyl (C=O) groups excluding carboxylic acids is 1. The first kappa shape index (κ1) is 11.5. The molecule has 0 aliphatic rings. The van der Waals surface area contributed by atoms with Gasteiger partial charge in [-0.15, -0.1) is 0 Å². The van der Waals surface area contributed by atoms with Crippen molar-refractivity contribution in [3.63, 3.8) is 0 Å². The third-order valence-corrected chi connectivity index (χ3v) is 2.82. The van der Waals surface area contributed by atoms with Crippen LogP contribution in [0.2, 0.25) is 5.02 Å². The Morgan fingerprint density at radius 3 is 2.82 bits per heavy atom. The molecule has 0 saturated heterocycles. The Kier molecular flexibility index (Phi) is 2.77. The Labute approximate surface area is 103 Å². The summed E-state index contributed by atoms with van der Waals surface area (Å²) in [6.07, 6.45) is 0. The van der Waals surface area contributed by atoms with Gasteiger partial charge < -0.3 is 10.7 Å². The zero-order valence-electron chi connectivity index (χ0n) is 9.12. The number of para-hydroxylation sites is 1. The Bertz CT molecular complexity index is 605. The quantitative estimate of drug-likeness (QED) is 0.532. The molecule has 0 atom stereocenters. The van der Waals surface area contributed by atoms with Gasteiger partial charge in [0.1, 0.15) is 5.69 Å². The van der Waals surface area contributed by atoms with Gasteiger partial charge in [0.2, 0.25) is 0 Å². The highest BCUT2D eigenvalue weighted by atomic mass is 35.5. The summed E-state index contributed by atoms with van der Waals surface area (Å²) in [4.78, 5) is 15.9. The van der Waals surface area contributed by atoms with Crippen LogP contribution in [0.1, 0.15) is 10.5 Å². The lowest BCUT2D eigenvalue weighted by Gasteiger charge is -2.12. The van der Waals surface area contributed by atoms with Crippen molar-refractivity contribution in [1.82, 2.24) is 9.88 Å². The van der Waals surface area contributed by atoms with Gasteiger partial charge in [0.15, 0.2) is 5.96 Å². The number of aromatic amines is 1. The molecule has 1 aromatic heterocycles. The highest BCUT2D eigenvalue weighted by Crippen LogP contribution is 2.23. The molecule has 4 N–H and O–H groups in total. The SMILES string of the molecule is CN(C(=N)N)C(=O)c1cc2cccc(Cl)c2[nH]1. The van der Waals surface area contributed by atoms with Crippen LogP contribution in [0.25, 0.3) is 10.9 Å². The van der Waals surface area contributed by atoms with E-state index < -0.39 is 0 Å². The molecule has 2 rings (SSSR count). The molecule has 0 unspecified atom stereocenters. The van der Waals surface area contributed by atoms with E-state index in [2.05, 4.69) is 4.98 Å². The molecule has 0 fully saturated rings. The third-order valence-electron chi connectivity index (χ3n) is 2.50. The van der Waals surface area contributed by atoms with Crippen molar-refractivity contribution < 1.29 is 4.79 Å². The summed E-state index contributed by atoms with van der Waals surface area (Å²) in [6, 6.07) is 7.08. The molecule has 1 amide bonds. The average molecular weight is 251 g/mol. The summed E-state index contributed by atoms with van der Waals surface area (Å²) in [5.74, 6) is -0.676. The lowest BCUT2D eigenvalue weighted by atomic mass is 10.2. The molecule has 6 heteroatoms. The van der Waals surface area contributed by atoms with E-state index in [-0.39, 0.29) is 11.9 Å². The summed E-state index contributed by atoms with van der Waals surface area (Å²) in [6.45, 7) is 0. The first-order valence-corrected chi connectivity index (χ1v) is 5.28. The summed E-state index contributed by atoms with van der Waals surface area (Å²) in [5, 5.41) is 8.59. The van der Waals surface area contributed by atoms with E-state index in [0.29, 0.717) is 16.2 Å². The van der Waals surface area contributed by atoms with E-state index in [1.54, 1.807) is 18.2 Å². The molecule has 0 spiro atoms. The van der Waals surface area contributed by atoms with Crippen LogP contribution in [0.4, 0.5) is 0 Å². The lowest BCUT2D eigenvalue weighted by Crippen LogP contribution is -2.38. The molecule has 1 heterocycles. The van der Waals surface area contributed by atoms with Gasteiger partial charge >= 0.3 is 0 Å². The predicted molar refractivity (Wildman–Crippen MR) is 67.3 cm³/mol. The van der Waals surface area contributed by atoms with Crippen LogP contribution in [-0.4, -0.2) is 28.8 Å². The monoisotopic (exact) mass is 250 g/mol. The number of aromatic nitrogens is 1. The average Bonchev–Trinajstić information content (AvgIpc) is 2.72. The standard InChI is InChI=1S/C11H11ClN4O/c1-16(11(13)14)10(17)8-5-6-3-2-4-7(12)9(6)15-8/h2-5,15H,1H3,(H3,13,14). The van der Waals surface area contributed by atoms with Crippen molar-refractivity contribution >= 4 is 34.4 Å². The van der Waals surface area contributed by atoms with Gasteiger partial charge in [-0.2, -0.15) is 0 Å². The Morgan fingerprint density at radius 2 is 2.24 bits per heavy atom. The molecular formula is C11H11ClN4O. The van der Waals surface area contributed by atoms with Gasteiger partial charge in [-0.3, -0.25) is 15.1 Å². The van der Waals surface area contributed by atoms with Crippen LogP contribution in [0.3, 0.4) is 0 Å². The van der Waals surface area contributed by atoms with Gasteiger partial charge in [-0.25, -0.2) is 0 Å². The number of fused-ring (bicyclic) bond motifs is 1. The smallest absolute Gasteiger partial charge is 0.276 e. The maximum absolute atomic E-state index is 11.9. The van der Waals surface area contributed by atoms with Crippen LogP contribution in [0.15, 0.2) is 24.3 Å². The number of hydrogen-bond acceptors (Lipinski definition) is 2. The first-order chi connectivity index (χ1) is 8.00. The zero-order chi connectivity index (χ0) is 12.6. The van der Waals surface area contributed by atoms with Gasteiger partial charge in [0.25, 0.3) is 5.91 Å². The molecule has 17 heavy (non-hydrogen) atoms. The summed E-state index contributed by atoms with van der Waals surface area (Å²) in [7, 11) is 1.44. The zero-order valence-corrected chi connectivity index (χ0v) is 9.88. The van der Waals surface area contributed by atoms with Crippen LogP contribution in [0, 0.1) is 5.41 Å². The van der Waals surface area contributed by atoms with E-state index in [0.717, 1.165) is 10.3 Å². The number of hydrogen-bond donors (Lipinski definition) is 3. The van der Waals surface area contributed by atoms with E-state index >= 15 is 0 Å². The second-order valence-electron chi connectivity index (χ2n) is 3.64. The largest absolute Gasteiger partial charge is 0.370 e. The molecule has 1 aromatic carbocycles. The number of nitrogens with zero attached hydrogens (tertiary/aromatic N) is 1. The number of amides is 1. The van der Waals surface area contributed by atoms with Crippen molar-refractivity contribution in [2.75, 3.05) is 7.05 Å². The molecule has 0 saturated carbocycles. The fourth-order valence-corrected chi connectivity index (χ4v) is 1.75. The van der Waals surface area contributed by atoms with Gasteiger partial charge in [0.05, 0.1) is 10.5 Å². The summed E-state index contributed by atoms with van der Waals surface area (Å²) >= 11 is 5.99. The number of H-pyrrole nitrogens is 1. The fraction of sp³-hybridized carbons (Fsp3) is 0.0909. The van der Waals surface area contributed by atoms with E-state index in [1.807, 2.05) is 6.07 Å². The van der Waals surface area contributed by atoms with Gasteiger partial charge in [-0.1, -0.05) is 23.7 Å². The number of nitrogens with two attached hydrogens (primary N) is 1. The molecule has 0 aliphatic carbocycles. The number of rotatable bonds is 1. The summed E-state index contributed by atoms with van der Waals surface area (Å²) in [5.41, 5.74) is 6.30. The second-order valence-corrected chi connectivity index (χ2v) is 4.04. The molecular weight excluding hydrogens is 240 g/mol. The first-order valence-electron chi connectivity index (χ1n) is 4.90. The minimum Gasteiger partial charge on any atom is -0.370 e. The Morgan fingerprint density at radius 1 is 1.53 bits per heavy atom. The van der Waals surface area contributed by atoms with E-state index in [4.69, 9.17) is 22.7 Å². The Balaban J connectivity index is 2.47. The maximum Gasteiger partial charge on any atom is 0.276 e. The molecule has 88 valence electrons.